The largest absolute Gasteiger partial charge is 0.387 e. The van der Waals surface area contributed by atoms with Crippen molar-refractivity contribution >= 4 is 16.0 Å². The third-order valence-electron chi connectivity index (χ3n) is 8.98. The number of amides is 1. The van der Waals surface area contributed by atoms with Crippen molar-refractivity contribution < 1.29 is 22.9 Å². The first-order valence-electron chi connectivity index (χ1n) is 20.3. The van der Waals surface area contributed by atoms with E-state index in [0.29, 0.717) is 6.42 Å². The molecule has 1 amide bonds. The predicted molar refractivity (Wildman–Crippen MR) is 212 cm³/mol. The van der Waals surface area contributed by atoms with Gasteiger partial charge in [-0.3, -0.25) is 9.35 Å². The van der Waals surface area contributed by atoms with Crippen molar-refractivity contribution in [1.82, 2.24) is 5.32 Å². The first kappa shape index (κ1) is 47.3. The van der Waals surface area contributed by atoms with Crippen molar-refractivity contribution in [1.29, 1.82) is 0 Å². The number of aliphatic hydroxyl groups excluding tert-OH is 1. The lowest BCUT2D eigenvalue weighted by molar-refractivity contribution is -0.122. The van der Waals surface area contributed by atoms with Crippen LogP contribution in [0.2, 0.25) is 0 Å². The second kappa shape index (κ2) is 36.1. The first-order valence-corrected chi connectivity index (χ1v) is 21.9. The van der Waals surface area contributed by atoms with Crippen LogP contribution in [-0.4, -0.2) is 41.9 Å². The van der Waals surface area contributed by atoms with Gasteiger partial charge in [0.05, 0.1) is 17.9 Å². The SMILES string of the molecule is CCCCCCC/C=C\C/C=C\CCCCCCCCCCCCCC(=O)NC(CS(=O)(=O)O)C(O)/C=C/CC/C=C/CCCCCCC. The van der Waals surface area contributed by atoms with Gasteiger partial charge in [0, 0.05) is 6.42 Å². The van der Waals surface area contributed by atoms with Crippen LogP contribution in [0.1, 0.15) is 194 Å². The van der Waals surface area contributed by atoms with Crippen molar-refractivity contribution in [3.63, 3.8) is 0 Å². The fraction of sp³-hybridized carbons (Fsp3) is 0.786. The summed E-state index contributed by atoms with van der Waals surface area (Å²) in [6.07, 6.45) is 48.2. The number of rotatable bonds is 36. The molecular weight excluding hydrogens is 631 g/mol. The topological polar surface area (TPSA) is 104 Å². The van der Waals surface area contributed by atoms with E-state index in [4.69, 9.17) is 0 Å². The highest BCUT2D eigenvalue weighted by Gasteiger charge is 2.24. The molecule has 0 aliphatic heterocycles. The van der Waals surface area contributed by atoms with E-state index in [2.05, 4.69) is 55.6 Å². The molecule has 0 spiro atoms. The van der Waals surface area contributed by atoms with E-state index in [1.54, 1.807) is 6.08 Å². The van der Waals surface area contributed by atoms with Crippen molar-refractivity contribution in [3.05, 3.63) is 48.6 Å². The summed E-state index contributed by atoms with van der Waals surface area (Å²) in [4.78, 5) is 12.5. The maximum atomic E-state index is 12.5. The molecule has 7 heteroatoms. The smallest absolute Gasteiger partial charge is 0.267 e. The number of hydrogen-bond acceptors (Lipinski definition) is 4. The van der Waals surface area contributed by atoms with Gasteiger partial charge in [-0.1, -0.05) is 172 Å². The van der Waals surface area contributed by atoms with Gasteiger partial charge in [0.2, 0.25) is 5.91 Å². The van der Waals surface area contributed by atoms with Crippen LogP contribution >= 0.6 is 0 Å². The Balaban J connectivity index is 3.87. The van der Waals surface area contributed by atoms with Gasteiger partial charge in [0.15, 0.2) is 0 Å². The van der Waals surface area contributed by atoms with E-state index in [9.17, 15) is 22.9 Å². The summed E-state index contributed by atoms with van der Waals surface area (Å²) in [5, 5.41) is 13.2. The lowest BCUT2D eigenvalue weighted by atomic mass is 10.0. The van der Waals surface area contributed by atoms with Gasteiger partial charge in [-0.05, 0) is 64.2 Å². The highest BCUT2D eigenvalue weighted by atomic mass is 32.2. The Morgan fingerprint density at radius 1 is 0.551 bits per heavy atom. The quantitative estimate of drug-likeness (QED) is 0.0342. The Bertz CT molecular complexity index is 956. The zero-order chi connectivity index (χ0) is 36.1. The zero-order valence-corrected chi connectivity index (χ0v) is 32.6. The van der Waals surface area contributed by atoms with Crippen molar-refractivity contribution in [2.24, 2.45) is 0 Å². The molecule has 3 N–H and O–H groups in total. The van der Waals surface area contributed by atoms with Crippen LogP contribution < -0.4 is 5.32 Å². The third kappa shape index (κ3) is 37.4. The fourth-order valence-electron chi connectivity index (χ4n) is 5.91. The molecule has 0 aliphatic rings. The van der Waals surface area contributed by atoms with E-state index in [1.165, 1.54) is 134 Å². The Labute approximate surface area is 303 Å². The van der Waals surface area contributed by atoms with E-state index in [0.717, 1.165) is 38.5 Å². The van der Waals surface area contributed by atoms with Crippen LogP contribution in [0.3, 0.4) is 0 Å². The van der Waals surface area contributed by atoms with Gasteiger partial charge in [-0.15, -0.1) is 0 Å². The van der Waals surface area contributed by atoms with Gasteiger partial charge in [0.1, 0.15) is 0 Å². The highest BCUT2D eigenvalue weighted by Crippen LogP contribution is 2.14. The standard InChI is InChI=1S/C42H77NO5S/c1-3-5-7-9-11-13-15-16-17-18-19-20-21-22-23-24-25-26-28-30-32-34-36-38-42(45)43-40(39-49(46,47)48)41(44)37-35-33-31-29-27-14-12-10-8-6-4-2/h15-16,18-19,27,29,35,37,40-41,44H,3-14,17,20-26,28,30-34,36,38-39H2,1-2H3,(H,43,45)(H,46,47,48)/b16-15-,19-18-,29-27+,37-35+. The van der Waals surface area contributed by atoms with Crippen LogP contribution in [0.25, 0.3) is 0 Å². The zero-order valence-electron chi connectivity index (χ0n) is 31.8. The molecule has 0 radical (unpaired) electrons. The Morgan fingerprint density at radius 2 is 0.939 bits per heavy atom. The molecule has 0 aromatic heterocycles. The summed E-state index contributed by atoms with van der Waals surface area (Å²) in [5.41, 5.74) is 0. The Morgan fingerprint density at radius 3 is 1.41 bits per heavy atom. The molecule has 0 saturated heterocycles. The van der Waals surface area contributed by atoms with E-state index < -0.39 is 28.0 Å². The van der Waals surface area contributed by atoms with Crippen molar-refractivity contribution in [3.8, 4) is 0 Å². The third-order valence-corrected chi connectivity index (χ3v) is 9.76. The molecule has 0 aromatic rings. The average molecular weight is 708 g/mol. The van der Waals surface area contributed by atoms with Crippen LogP contribution in [-0.2, 0) is 14.9 Å². The van der Waals surface area contributed by atoms with Crippen LogP contribution in [0.4, 0.5) is 0 Å². The van der Waals surface area contributed by atoms with Crippen LogP contribution in [0.15, 0.2) is 48.6 Å². The van der Waals surface area contributed by atoms with E-state index in [1.807, 2.05) is 0 Å². The summed E-state index contributed by atoms with van der Waals surface area (Å²) in [5.74, 6) is -1.00. The van der Waals surface area contributed by atoms with Gasteiger partial charge < -0.3 is 10.4 Å². The lowest BCUT2D eigenvalue weighted by Gasteiger charge is -2.21. The number of carbonyl (C=O) groups excluding carboxylic acids is 1. The van der Waals surface area contributed by atoms with Crippen LogP contribution in [0.5, 0.6) is 0 Å². The molecular formula is C42H77NO5S. The lowest BCUT2D eigenvalue weighted by Crippen LogP contribution is -2.46. The monoisotopic (exact) mass is 708 g/mol. The fourth-order valence-corrected chi connectivity index (χ4v) is 6.64. The maximum Gasteiger partial charge on any atom is 0.267 e. The molecule has 0 aliphatic carbocycles. The number of hydrogen-bond donors (Lipinski definition) is 3. The molecule has 0 heterocycles. The Hall–Kier alpha value is -1.70. The summed E-state index contributed by atoms with van der Waals surface area (Å²) in [6, 6.07) is -1.07. The molecule has 2 atom stereocenters. The second-order valence-electron chi connectivity index (χ2n) is 13.9. The van der Waals surface area contributed by atoms with Crippen LogP contribution in [0, 0.1) is 0 Å². The Kier molecular flexibility index (Phi) is 34.9. The maximum absolute atomic E-state index is 12.5. The number of aliphatic hydroxyl groups is 1. The number of carbonyl (C=O) groups is 1. The predicted octanol–water partition coefficient (Wildman–Crippen LogP) is 11.9. The van der Waals surface area contributed by atoms with Gasteiger partial charge in [0.25, 0.3) is 10.1 Å². The summed E-state index contributed by atoms with van der Waals surface area (Å²) < 4.78 is 32.4. The molecule has 2 unspecified atom stereocenters. The molecule has 286 valence electrons. The molecule has 6 nitrogen and oxygen atoms in total. The second-order valence-corrected chi connectivity index (χ2v) is 15.4. The number of allylic oxidation sites excluding steroid dienone is 7. The minimum atomic E-state index is -4.35. The minimum Gasteiger partial charge on any atom is -0.387 e. The van der Waals surface area contributed by atoms with E-state index >= 15 is 0 Å². The van der Waals surface area contributed by atoms with Crippen molar-refractivity contribution in [2.45, 2.75) is 206 Å². The average Bonchev–Trinajstić information content (AvgIpc) is 3.06. The first-order chi connectivity index (χ1) is 23.8. The molecule has 0 rings (SSSR count). The normalized spacial score (nSPS) is 13.8. The van der Waals surface area contributed by atoms with Gasteiger partial charge in [-0.25, -0.2) is 0 Å². The molecule has 0 fully saturated rings. The minimum absolute atomic E-state index is 0.284. The molecule has 0 aromatic carbocycles. The van der Waals surface area contributed by atoms with Crippen molar-refractivity contribution in [2.75, 3.05) is 5.75 Å². The van der Waals surface area contributed by atoms with Gasteiger partial charge >= 0.3 is 0 Å². The molecule has 49 heavy (non-hydrogen) atoms. The number of unbranched alkanes of at least 4 members (excludes halogenated alkanes) is 22. The van der Waals surface area contributed by atoms with E-state index in [-0.39, 0.29) is 12.3 Å². The summed E-state index contributed by atoms with van der Waals surface area (Å²) in [6.45, 7) is 4.48. The summed E-state index contributed by atoms with van der Waals surface area (Å²) in [7, 11) is -4.35. The molecule has 0 saturated carbocycles. The highest BCUT2D eigenvalue weighted by molar-refractivity contribution is 7.85. The van der Waals surface area contributed by atoms with Gasteiger partial charge in [-0.2, -0.15) is 8.42 Å². The number of nitrogens with one attached hydrogen (secondary N) is 1. The molecule has 0 bridgehead atoms. The summed E-state index contributed by atoms with van der Waals surface area (Å²) >= 11 is 0.